The number of carbonyl (C=O) groups is 1. The van der Waals surface area contributed by atoms with Crippen molar-refractivity contribution >= 4 is 5.91 Å². The fourth-order valence-corrected chi connectivity index (χ4v) is 2.92. The number of H-pyrrole nitrogens is 1. The Balaban J connectivity index is 1.64. The lowest BCUT2D eigenvalue weighted by Gasteiger charge is -2.08. The van der Waals surface area contributed by atoms with Gasteiger partial charge in [-0.2, -0.15) is 0 Å². The number of rotatable bonds is 7. The minimum absolute atomic E-state index is 0.154. The normalized spacial score (nSPS) is 13.0. The maximum absolute atomic E-state index is 12.3. The van der Waals surface area contributed by atoms with Crippen LogP contribution in [0.1, 0.15) is 40.3 Å². The van der Waals surface area contributed by atoms with Crippen molar-refractivity contribution in [2.75, 3.05) is 13.7 Å². The molecular weight excluding hydrogens is 310 g/mol. The average molecular weight is 331 g/mol. The van der Waals surface area contributed by atoms with Crippen LogP contribution in [0.15, 0.2) is 17.2 Å². The maximum Gasteiger partial charge on any atom is 0.261 e. The molecule has 0 radical (unpaired) electrons. The summed E-state index contributed by atoms with van der Waals surface area (Å²) in [5, 5.41) is 10.6. The lowest BCUT2D eigenvalue weighted by Crippen LogP contribution is -2.30. The largest absolute Gasteiger partial charge is 0.385 e. The Morgan fingerprint density at radius 3 is 3.17 bits per heavy atom. The van der Waals surface area contributed by atoms with Gasteiger partial charge in [-0.1, -0.05) is 0 Å². The van der Waals surface area contributed by atoms with Crippen LogP contribution in [-0.4, -0.2) is 39.4 Å². The molecule has 24 heavy (non-hydrogen) atoms. The lowest BCUT2D eigenvalue weighted by atomic mass is 10.1. The van der Waals surface area contributed by atoms with Gasteiger partial charge in [0.05, 0.1) is 6.54 Å². The molecule has 0 saturated carbocycles. The second kappa shape index (κ2) is 7.39. The van der Waals surface area contributed by atoms with Crippen LogP contribution in [0.25, 0.3) is 0 Å². The van der Waals surface area contributed by atoms with Crippen molar-refractivity contribution in [2.45, 2.75) is 38.8 Å². The maximum atomic E-state index is 12.3. The second-order valence-corrected chi connectivity index (χ2v) is 5.84. The van der Waals surface area contributed by atoms with Gasteiger partial charge in [0.25, 0.3) is 11.5 Å². The second-order valence-electron chi connectivity index (χ2n) is 5.84. The van der Waals surface area contributed by atoms with E-state index in [0.29, 0.717) is 19.0 Å². The molecule has 0 unspecified atom stereocenters. The molecule has 128 valence electrons. The molecule has 0 spiro atoms. The number of aryl methyl sites for hydroxylation is 3. The average Bonchev–Trinajstić information content (AvgIpc) is 3.20. The fraction of sp³-hybridized carbons (Fsp3) is 0.500. The summed E-state index contributed by atoms with van der Waals surface area (Å²) < 4.78 is 6.89. The summed E-state index contributed by atoms with van der Waals surface area (Å²) in [6, 6.07) is 1.71. The first-order valence-corrected chi connectivity index (χ1v) is 8.08. The first kappa shape index (κ1) is 16.4. The zero-order chi connectivity index (χ0) is 16.9. The molecule has 0 aliphatic heterocycles. The molecule has 0 fully saturated rings. The van der Waals surface area contributed by atoms with Gasteiger partial charge in [0.15, 0.2) is 5.82 Å². The number of aromatic nitrogens is 4. The molecule has 1 aliphatic rings. The van der Waals surface area contributed by atoms with Crippen molar-refractivity contribution in [3.8, 4) is 0 Å². The van der Waals surface area contributed by atoms with Crippen LogP contribution in [0.5, 0.6) is 0 Å². The van der Waals surface area contributed by atoms with Gasteiger partial charge in [0.1, 0.15) is 11.9 Å². The van der Waals surface area contributed by atoms with Crippen LogP contribution >= 0.6 is 0 Å². The number of methoxy groups -OCH3 is 1. The van der Waals surface area contributed by atoms with E-state index in [0.717, 1.165) is 36.9 Å². The number of hydrogen-bond acceptors (Lipinski definition) is 5. The number of nitrogens with zero attached hydrogens (tertiary/aromatic N) is 3. The van der Waals surface area contributed by atoms with E-state index < -0.39 is 5.91 Å². The predicted molar refractivity (Wildman–Crippen MR) is 86.8 cm³/mol. The Morgan fingerprint density at radius 1 is 1.46 bits per heavy atom. The third kappa shape index (κ3) is 3.53. The van der Waals surface area contributed by atoms with Crippen LogP contribution in [-0.2, 0) is 30.7 Å². The smallest absolute Gasteiger partial charge is 0.261 e. The molecule has 0 atom stereocenters. The van der Waals surface area contributed by atoms with E-state index in [2.05, 4.69) is 20.5 Å². The van der Waals surface area contributed by atoms with Gasteiger partial charge in [0, 0.05) is 26.0 Å². The number of carbonyl (C=O) groups excluding carboxylic acids is 1. The summed E-state index contributed by atoms with van der Waals surface area (Å²) in [7, 11) is 1.65. The molecule has 1 aliphatic carbocycles. The Bertz CT molecular complexity index is 780. The molecule has 2 aromatic heterocycles. The third-order valence-corrected chi connectivity index (χ3v) is 4.18. The molecule has 8 nitrogen and oxygen atoms in total. The van der Waals surface area contributed by atoms with Crippen molar-refractivity contribution in [3.63, 3.8) is 0 Å². The van der Waals surface area contributed by atoms with Gasteiger partial charge in [-0.25, -0.2) is 0 Å². The Hall–Kier alpha value is -2.48. The topological polar surface area (TPSA) is 102 Å². The highest BCUT2D eigenvalue weighted by molar-refractivity contribution is 5.93. The van der Waals surface area contributed by atoms with Gasteiger partial charge in [0.2, 0.25) is 0 Å². The number of fused-ring (bicyclic) bond motifs is 1. The molecule has 3 rings (SSSR count). The van der Waals surface area contributed by atoms with Crippen LogP contribution in [0.3, 0.4) is 0 Å². The lowest BCUT2D eigenvalue weighted by molar-refractivity contribution is 0.0947. The van der Waals surface area contributed by atoms with E-state index in [1.165, 1.54) is 0 Å². The highest BCUT2D eigenvalue weighted by atomic mass is 16.5. The zero-order valence-electron chi connectivity index (χ0n) is 13.7. The van der Waals surface area contributed by atoms with Gasteiger partial charge in [-0.3, -0.25) is 9.59 Å². The Morgan fingerprint density at radius 2 is 2.33 bits per heavy atom. The van der Waals surface area contributed by atoms with Crippen LogP contribution in [0, 0.1) is 0 Å². The summed E-state index contributed by atoms with van der Waals surface area (Å²) in [4.78, 5) is 27.2. The first-order chi connectivity index (χ1) is 11.7. The minimum atomic E-state index is -0.391. The molecule has 8 heteroatoms. The molecule has 0 bridgehead atoms. The fourth-order valence-electron chi connectivity index (χ4n) is 2.92. The Labute approximate surface area is 139 Å². The summed E-state index contributed by atoms with van der Waals surface area (Å²) in [6.45, 7) is 1.59. The molecular formula is C16H21N5O3. The van der Waals surface area contributed by atoms with E-state index in [1.54, 1.807) is 19.5 Å². The van der Waals surface area contributed by atoms with E-state index in [9.17, 15) is 9.59 Å². The zero-order valence-corrected chi connectivity index (χ0v) is 13.7. The van der Waals surface area contributed by atoms with E-state index >= 15 is 0 Å². The van der Waals surface area contributed by atoms with Gasteiger partial charge in [-0.15, -0.1) is 10.2 Å². The summed E-state index contributed by atoms with van der Waals surface area (Å²) >= 11 is 0. The highest BCUT2D eigenvalue weighted by Crippen LogP contribution is 2.18. The first-order valence-electron chi connectivity index (χ1n) is 8.08. The van der Waals surface area contributed by atoms with Crippen molar-refractivity contribution in [3.05, 3.63) is 45.4 Å². The van der Waals surface area contributed by atoms with Crippen molar-refractivity contribution in [1.29, 1.82) is 0 Å². The summed E-state index contributed by atoms with van der Waals surface area (Å²) in [5.41, 5.74) is 1.83. The van der Waals surface area contributed by atoms with Gasteiger partial charge in [-0.05, 0) is 37.3 Å². The summed E-state index contributed by atoms with van der Waals surface area (Å²) in [5.74, 6) is 0.259. The highest BCUT2D eigenvalue weighted by Gasteiger charge is 2.18. The van der Waals surface area contributed by atoms with E-state index in [-0.39, 0.29) is 17.7 Å². The number of nitrogens with one attached hydrogen (secondary N) is 2. The predicted octanol–water partition coefficient (Wildman–Crippen LogP) is 0.422. The van der Waals surface area contributed by atoms with Crippen molar-refractivity contribution in [2.24, 2.45) is 0 Å². The third-order valence-electron chi connectivity index (χ3n) is 4.18. The Kier molecular flexibility index (Phi) is 5.05. The van der Waals surface area contributed by atoms with Gasteiger partial charge >= 0.3 is 0 Å². The van der Waals surface area contributed by atoms with Gasteiger partial charge < -0.3 is 19.6 Å². The number of ether oxygens (including phenoxy) is 1. The van der Waals surface area contributed by atoms with Crippen molar-refractivity contribution < 1.29 is 9.53 Å². The number of hydrogen-bond donors (Lipinski definition) is 2. The van der Waals surface area contributed by atoms with E-state index in [1.807, 2.05) is 4.57 Å². The van der Waals surface area contributed by atoms with Crippen LogP contribution in [0.4, 0.5) is 0 Å². The molecule has 0 saturated heterocycles. The monoisotopic (exact) mass is 331 g/mol. The quantitative estimate of drug-likeness (QED) is 0.716. The molecule has 2 N–H and O–H groups in total. The standard InChI is InChI=1S/C16H21N5O3/c1-24-7-3-6-21-10-18-20-14(21)9-17-15(22)12-8-11-4-2-5-13(11)19-16(12)23/h8,10H,2-7,9H2,1H3,(H,17,22)(H,19,23). The van der Waals surface area contributed by atoms with Crippen LogP contribution in [0.2, 0.25) is 0 Å². The van der Waals surface area contributed by atoms with Crippen LogP contribution < -0.4 is 10.9 Å². The van der Waals surface area contributed by atoms with E-state index in [4.69, 9.17) is 4.74 Å². The minimum Gasteiger partial charge on any atom is -0.385 e. The summed E-state index contributed by atoms with van der Waals surface area (Å²) in [6.07, 6.45) is 5.25. The number of pyridine rings is 1. The molecule has 2 aromatic rings. The molecule has 0 aromatic carbocycles. The number of amides is 1. The molecule has 1 amide bonds. The molecule has 2 heterocycles. The number of aromatic amines is 1. The van der Waals surface area contributed by atoms with Crippen molar-refractivity contribution in [1.82, 2.24) is 25.1 Å². The SMILES string of the molecule is COCCCn1cnnc1CNC(=O)c1cc2c([nH]c1=O)CCC2.